The average Bonchev–Trinajstić information content (AvgIpc) is 3.53. The van der Waals surface area contributed by atoms with Crippen molar-refractivity contribution >= 4 is 33.5 Å². The maximum Gasteiger partial charge on any atom is 0.327 e. The van der Waals surface area contributed by atoms with Gasteiger partial charge in [0.25, 0.3) is 5.91 Å². The molecule has 1 aromatic carbocycles. The molecule has 4 rings (SSSR count). The van der Waals surface area contributed by atoms with Gasteiger partial charge in [0.2, 0.25) is 10.0 Å². The quantitative estimate of drug-likeness (QED) is 0.617. The molecule has 9 nitrogen and oxygen atoms in total. The molecule has 1 amide bonds. The van der Waals surface area contributed by atoms with Crippen LogP contribution in [0, 0.1) is 0 Å². The molecule has 11 heteroatoms. The van der Waals surface area contributed by atoms with E-state index in [9.17, 15) is 18.0 Å². The van der Waals surface area contributed by atoms with Gasteiger partial charge in [0.1, 0.15) is 16.6 Å². The molecule has 178 valence electrons. The molecule has 0 radical (unpaired) electrons. The Labute approximate surface area is 198 Å². The van der Waals surface area contributed by atoms with E-state index in [1.165, 1.54) is 23.7 Å². The maximum absolute atomic E-state index is 13.0. The number of aromatic nitrogens is 1. The maximum atomic E-state index is 13.0. The minimum absolute atomic E-state index is 0.107. The fourth-order valence-electron chi connectivity index (χ4n) is 4.36. The molecule has 0 unspecified atom stereocenters. The van der Waals surface area contributed by atoms with Crippen molar-refractivity contribution in [1.82, 2.24) is 19.1 Å². The van der Waals surface area contributed by atoms with Crippen LogP contribution in [0.5, 0.6) is 0 Å². The zero-order chi connectivity index (χ0) is 23.6. The molecule has 2 fully saturated rings. The molecule has 0 spiro atoms. The number of esters is 1. The zero-order valence-corrected chi connectivity index (χ0v) is 19.9. The topological polar surface area (TPSA) is 103 Å². The Morgan fingerprint density at radius 3 is 2.36 bits per heavy atom. The third kappa shape index (κ3) is 4.79. The predicted octanol–water partition coefficient (Wildman–Crippen LogP) is 2.12. The van der Waals surface area contributed by atoms with Crippen molar-refractivity contribution in [2.75, 3.05) is 46.4 Å². The van der Waals surface area contributed by atoms with Gasteiger partial charge in [0, 0.05) is 50.5 Å². The van der Waals surface area contributed by atoms with Crippen LogP contribution in [-0.4, -0.2) is 85.8 Å². The van der Waals surface area contributed by atoms with E-state index in [0.29, 0.717) is 49.9 Å². The number of carbonyl (C=O) groups is 2. The molecule has 2 aromatic rings. The standard InChI is InChI=1S/C22H27ClN4O5S/c1-32-22(29)20(17-6-2-3-7-18(17)23)25-10-12-26(13-11-25)21(28)19-14-16(15-24-19)33(30,31)27-8-4-5-9-27/h2-3,6-7,14-15,20,24H,4-5,8-13H2,1H3/t20-/m1/s1. The van der Waals surface area contributed by atoms with Gasteiger partial charge in [0.05, 0.1) is 7.11 Å². The summed E-state index contributed by atoms with van der Waals surface area (Å²) in [6.07, 6.45) is 3.07. The molecule has 0 bridgehead atoms. The molecule has 2 aliphatic rings. The summed E-state index contributed by atoms with van der Waals surface area (Å²) in [6.45, 7) is 2.65. The summed E-state index contributed by atoms with van der Waals surface area (Å²) in [6, 6.07) is 7.88. The van der Waals surface area contributed by atoms with Gasteiger partial charge in [-0.2, -0.15) is 4.31 Å². The van der Waals surface area contributed by atoms with Crippen LogP contribution in [-0.2, 0) is 19.6 Å². The van der Waals surface area contributed by atoms with E-state index < -0.39 is 22.0 Å². The molecule has 2 aliphatic heterocycles. The molecule has 3 heterocycles. The van der Waals surface area contributed by atoms with Crippen LogP contribution in [0.15, 0.2) is 41.4 Å². The van der Waals surface area contributed by atoms with E-state index in [0.717, 1.165) is 12.8 Å². The Morgan fingerprint density at radius 1 is 1.06 bits per heavy atom. The number of piperazine rings is 1. The van der Waals surface area contributed by atoms with Crippen molar-refractivity contribution in [3.05, 3.63) is 52.8 Å². The number of carbonyl (C=O) groups excluding carboxylic acids is 2. The van der Waals surface area contributed by atoms with Gasteiger partial charge in [0.15, 0.2) is 0 Å². The van der Waals surface area contributed by atoms with E-state index in [4.69, 9.17) is 16.3 Å². The minimum Gasteiger partial charge on any atom is -0.468 e. The number of nitrogens with one attached hydrogen (secondary N) is 1. The molecule has 0 aliphatic carbocycles. The Kier molecular flexibility index (Phi) is 7.08. The Morgan fingerprint density at radius 2 is 1.73 bits per heavy atom. The van der Waals surface area contributed by atoms with Crippen LogP contribution in [0.4, 0.5) is 0 Å². The van der Waals surface area contributed by atoms with Gasteiger partial charge in [-0.3, -0.25) is 9.69 Å². The average molecular weight is 495 g/mol. The van der Waals surface area contributed by atoms with Crippen LogP contribution in [0.2, 0.25) is 5.02 Å². The Balaban J connectivity index is 1.44. The number of hydrogen-bond acceptors (Lipinski definition) is 6. The van der Waals surface area contributed by atoms with Crippen LogP contribution in [0.1, 0.15) is 34.9 Å². The van der Waals surface area contributed by atoms with Crippen LogP contribution in [0.3, 0.4) is 0 Å². The van der Waals surface area contributed by atoms with Crippen LogP contribution >= 0.6 is 11.6 Å². The highest BCUT2D eigenvalue weighted by molar-refractivity contribution is 7.89. The first-order chi connectivity index (χ1) is 15.8. The number of rotatable bonds is 6. The molecule has 33 heavy (non-hydrogen) atoms. The fourth-order valence-corrected chi connectivity index (χ4v) is 6.11. The van der Waals surface area contributed by atoms with Crippen molar-refractivity contribution in [2.45, 2.75) is 23.8 Å². The van der Waals surface area contributed by atoms with Crippen molar-refractivity contribution in [3.8, 4) is 0 Å². The number of aromatic amines is 1. The summed E-state index contributed by atoms with van der Waals surface area (Å²) in [5.41, 5.74) is 0.892. The van der Waals surface area contributed by atoms with Crippen LogP contribution in [0.25, 0.3) is 0 Å². The summed E-state index contributed by atoms with van der Waals surface area (Å²) in [4.78, 5) is 32.1. The highest BCUT2D eigenvalue weighted by Gasteiger charge is 2.34. The van der Waals surface area contributed by atoms with Gasteiger partial charge in [-0.05, 0) is 30.5 Å². The van der Waals surface area contributed by atoms with Crippen molar-refractivity contribution < 1.29 is 22.7 Å². The summed E-state index contributed by atoms with van der Waals surface area (Å²) in [7, 11) is -2.25. The number of hydrogen-bond donors (Lipinski definition) is 1. The van der Waals surface area contributed by atoms with Gasteiger partial charge >= 0.3 is 5.97 Å². The van der Waals surface area contributed by atoms with Gasteiger partial charge < -0.3 is 14.6 Å². The number of nitrogens with zero attached hydrogens (tertiary/aromatic N) is 3. The first-order valence-corrected chi connectivity index (χ1v) is 12.7. The number of benzene rings is 1. The predicted molar refractivity (Wildman–Crippen MR) is 122 cm³/mol. The number of methoxy groups -OCH3 is 1. The lowest BCUT2D eigenvalue weighted by Crippen LogP contribution is -2.51. The number of ether oxygens (including phenoxy) is 1. The van der Waals surface area contributed by atoms with E-state index in [1.54, 1.807) is 23.1 Å². The molecule has 1 atom stereocenters. The fraction of sp³-hybridized carbons (Fsp3) is 0.455. The largest absolute Gasteiger partial charge is 0.468 e. The Bertz CT molecular complexity index is 1120. The molecule has 1 N–H and O–H groups in total. The summed E-state index contributed by atoms with van der Waals surface area (Å²) < 4.78 is 31.9. The lowest BCUT2D eigenvalue weighted by molar-refractivity contribution is -0.148. The van der Waals surface area contributed by atoms with E-state index in [1.807, 2.05) is 11.0 Å². The van der Waals surface area contributed by atoms with E-state index >= 15 is 0 Å². The smallest absolute Gasteiger partial charge is 0.327 e. The van der Waals surface area contributed by atoms with Gasteiger partial charge in [-0.25, -0.2) is 13.2 Å². The first-order valence-electron chi connectivity index (χ1n) is 10.9. The monoisotopic (exact) mass is 494 g/mol. The van der Waals surface area contributed by atoms with Crippen molar-refractivity contribution in [1.29, 1.82) is 0 Å². The number of halogens is 1. The van der Waals surface area contributed by atoms with Crippen molar-refractivity contribution in [3.63, 3.8) is 0 Å². The molecule has 0 saturated carbocycles. The van der Waals surface area contributed by atoms with Gasteiger partial charge in [-0.15, -0.1) is 0 Å². The lowest BCUT2D eigenvalue weighted by atomic mass is 10.0. The lowest BCUT2D eigenvalue weighted by Gasteiger charge is -2.38. The normalized spacial score (nSPS) is 18.9. The number of sulfonamides is 1. The summed E-state index contributed by atoms with van der Waals surface area (Å²) in [5, 5.41) is 0.476. The third-order valence-corrected chi connectivity index (χ3v) is 8.40. The van der Waals surface area contributed by atoms with Crippen LogP contribution < -0.4 is 0 Å². The first kappa shape index (κ1) is 23.7. The molecular formula is C22H27ClN4O5S. The van der Waals surface area contributed by atoms with Gasteiger partial charge in [-0.1, -0.05) is 29.8 Å². The minimum atomic E-state index is -3.59. The van der Waals surface area contributed by atoms with Crippen molar-refractivity contribution in [2.24, 2.45) is 0 Å². The third-order valence-electron chi connectivity index (χ3n) is 6.18. The molecule has 1 aromatic heterocycles. The second-order valence-electron chi connectivity index (χ2n) is 8.14. The second-order valence-corrected chi connectivity index (χ2v) is 10.5. The van der Waals surface area contributed by atoms with E-state index in [-0.39, 0.29) is 16.5 Å². The SMILES string of the molecule is COC(=O)[C@@H](c1ccccc1Cl)N1CCN(C(=O)c2cc(S(=O)(=O)N3CCCC3)c[nH]2)CC1. The summed E-state index contributed by atoms with van der Waals surface area (Å²) >= 11 is 6.33. The highest BCUT2D eigenvalue weighted by Crippen LogP contribution is 2.30. The Hall–Kier alpha value is -2.40. The molecule has 2 saturated heterocycles. The zero-order valence-electron chi connectivity index (χ0n) is 18.4. The molecular weight excluding hydrogens is 468 g/mol. The second kappa shape index (κ2) is 9.84. The highest BCUT2D eigenvalue weighted by atomic mass is 35.5. The summed E-state index contributed by atoms with van der Waals surface area (Å²) in [5.74, 6) is -0.686. The number of amides is 1. The number of H-pyrrole nitrogens is 1. The van der Waals surface area contributed by atoms with E-state index in [2.05, 4.69) is 4.98 Å².